The predicted octanol–water partition coefficient (Wildman–Crippen LogP) is 1.90. The van der Waals surface area contributed by atoms with Crippen LogP contribution in [-0.2, 0) is 16.4 Å². The highest BCUT2D eigenvalue weighted by Gasteiger charge is 2.28. The monoisotopic (exact) mass is 347 g/mol. The molecule has 0 bridgehead atoms. The first-order chi connectivity index (χ1) is 9.85. The standard InChI is InChI=1S/C11H13N3O4S3/c1-3-7-4-12-9(20-7)6(2)14-21(17,18)11-8(10(15)16)13-5-19-11/h4-6,14H,3H2,1-2H3,(H,15,16). The average molecular weight is 347 g/mol. The number of aryl methyl sites for hydroxylation is 1. The number of carbonyl (C=O) groups is 1. The lowest BCUT2D eigenvalue weighted by Crippen LogP contribution is -2.27. The van der Waals surface area contributed by atoms with Crippen LogP contribution in [0.4, 0.5) is 0 Å². The lowest BCUT2D eigenvalue weighted by molar-refractivity contribution is 0.0687. The molecule has 1 atom stereocenters. The first-order valence-corrected chi connectivity index (χ1v) is 9.16. The number of aromatic carboxylic acids is 1. The lowest BCUT2D eigenvalue weighted by atomic mass is 10.4. The highest BCUT2D eigenvalue weighted by molar-refractivity contribution is 7.91. The molecule has 2 aromatic rings. The zero-order valence-electron chi connectivity index (χ0n) is 11.2. The van der Waals surface area contributed by atoms with Gasteiger partial charge in [0.15, 0.2) is 9.90 Å². The predicted molar refractivity (Wildman–Crippen MR) is 79.3 cm³/mol. The summed E-state index contributed by atoms with van der Waals surface area (Å²) in [6, 6.07) is -0.538. The highest BCUT2D eigenvalue weighted by atomic mass is 32.2. The summed E-state index contributed by atoms with van der Waals surface area (Å²) in [4.78, 5) is 19.8. The number of carboxylic acids is 1. The van der Waals surface area contributed by atoms with Gasteiger partial charge >= 0.3 is 5.97 Å². The minimum Gasteiger partial charge on any atom is -0.476 e. The Morgan fingerprint density at radius 1 is 1.48 bits per heavy atom. The largest absolute Gasteiger partial charge is 0.476 e. The molecule has 0 amide bonds. The van der Waals surface area contributed by atoms with Crippen molar-refractivity contribution in [3.63, 3.8) is 0 Å². The van der Waals surface area contributed by atoms with E-state index < -0.39 is 27.7 Å². The van der Waals surface area contributed by atoms with Crippen LogP contribution in [0.25, 0.3) is 0 Å². The normalized spacial score (nSPS) is 13.2. The molecule has 0 radical (unpaired) electrons. The van der Waals surface area contributed by atoms with Gasteiger partial charge in [-0.15, -0.1) is 22.7 Å². The van der Waals surface area contributed by atoms with Gasteiger partial charge in [0.1, 0.15) is 5.01 Å². The topological polar surface area (TPSA) is 109 Å². The second kappa shape index (κ2) is 6.18. The number of hydrogen-bond donors (Lipinski definition) is 2. The SMILES string of the molecule is CCc1cnc(C(C)NS(=O)(=O)c2scnc2C(=O)O)s1. The van der Waals surface area contributed by atoms with Crippen LogP contribution in [0.1, 0.15) is 40.3 Å². The Kier molecular flexibility index (Phi) is 4.71. The molecule has 0 aromatic carbocycles. The van der Waals surface area contributed by atoms with Crippen LogP contribution in [0, 0.1) is 0 Å². The van der Waals surface area contributed by atoms with E-state index in [-0.39, 0.29) is 4.21 Å². The second-order valence-electron chi connectivity index (χ2n) is 4.15. The smallest absolute Gasteiger partial charge is 0.356 e. The van der Waals surface area contributed by atoms with Crippen LogP contribution in [0.15, 0.2) is 15.9 Å². The first-order valence-electron chi connectivity index (χ1n) is 5.99. The van der Waals surface area contributed by atoms with Crippen molar-refractivity contribution in [3.8, 4) is 0 Å². The van der Waals surface area contributed by atoms with E-state index in [1.165, 1.54) is 16.8 Å². The van der Waals surface area contributed by atoms with E-state index in [9.17, 15) is 13.2 Å². The molecule has 7 nitrogen and oxygen atoms in total. The molecule has 0 aliphatic carbocycles. The molecule has 0 aliphatic rings. The number of thiazole rings is 2. The highest BCUT2D eigenvalue weighted by Crippen LogP contribution is 2.25. The summed E-state index contributed by atoms with van der Waals surface area (Å²) >= 11 is 2.20. The lowest BCUT2D eigenvalue weighted by Gasteiger charge is -2.10. The molecule has 0 spiro atoms. The molecule has 2 aromatic heterocycles. The van der Waals surface area contributed by atoms with Crippen LogP contribution in [-0.4, -0.2) is 29.5 Å². The van der Waals surface area contributed by atoms with Crippen molar-refractivity contribution in [1.82, 2.24) is 14.7 Å². The summed E-state index contributed by atoms with van der Waals surface area (Å²) in [5.41, 5.74) is 0.731. The van der Waals surface area contributed by atoms with E-state index in [0.717, 1.165) is 22.6 Å². The Morgan fingerprint density at radius 3 is 2.76 bits per heavy atom. The van der Waals surface area contributed by atoms with Crippen molar-refractivity contribution >= 4 is 38.7 Å². The van der Waals surface area contributed by atoms with Crippen LogP contribution in [0.3, 0.4) is 0 Å². The van der Waals surface area contributed by atoms with Gasteiger partial charge in [-0.3, -0.25) is 0 Å². The summed E-state index contributed by atoms with van der Waals surface area (Å²) in [7, 11) is -3.95. The van der Waals surface area contributed by atoms with Gasteiger partial charge in [0.2, 0.25) is 0 Å². The third-order valence-electron chi connectivity index (χ3n) is 2.60. The molecule has 114 valence electrons. The minimum absolute atomic E-state index is 0.297. The molecule has 2 N–H and O–H groups in total. The Hall–Kier alpha value is -1.36. The van der Waals surface area contributed by atoms with Crippen LogP contribution in [0.2, 0.25) is 0 Å². The summed E-state index contributed by atoms with van der Waals surface area (Å²) in [5, 5.41) is 9.58. The Balaban J connectivity index is 2.24. The fourth-order valence-corrected chi connectivity index (χ4v) is 4.89. The Labute approximate surface area is 129 Å². The fraction of sp³-hybridized carbons (Fsp3) is 0.364. The molecule has 2 heterocycles. The molecular weight excluding hydrogens is 334 g/mol. The van der Waals surface area contributed by atoms with Gasteiger partial charge in [0.05, 0.1) is 11.6 Å². The van der Waals surface area contributed by atoms with Crippen molar-refractivity contribution < 1.29 is 18.3 Å². The molecule has 10 heteroatoms. The number of rotatable bonds is 6. The Bertz CT molecular complexity index is 750. The molecule has 1 unspecified atom stereocenters. The van der Waals surface area contributed by atoms with E-state index >= 15 is 0 Å². The summed E-state index contributed by atoms with van der Waals surface area (Å²) in [6.45, 7) is 3.65. The molecule has 21 heavy (non-hydrogen) atoms. The fourth-order valence-electron chi connectivity index (χ4n) is 1.59. The number of sulfonamides is 1. The Morgan fingerprint density at radius 2 is 2.19 bits per heavy atom. The quantitative estimate of drug-likeness (QED) is 0.826. The van der Waals surface area contributed by atoms with Gasteiger partial charge in [-0.05, 0) is 13.3 Å². The van der Waals surface area contributed by atoms with E-state index in [1.807, 2.05) is 6.92 Å². The number of nitrogens with zero attached hydrogens (tertiary/aromatic N) is 2. The van der Waals surface area contributed by atoms with Crippen molar-refractivity contribution in [1.29, 1.82) is 0 Å². The van der Waals surface area contributed by atoms with E-state index in [2.05, 4.69) is 14.7 Å². The van der Waals surface area contributed by atoms with E-state index in [4.69, 9.17) is 5.11 Å². The molecule has 0 aliphatic heterocycles. The minimum atomic E-state index is -3.95. The summed E-state index contributed by atoms with van der Waals surface area (Å²) in [6.07, 6.45) is 2.54. The van der Waals surface area contributed by atoms with E-state index in [0.29, 0.717) is 5.01 Å². The van der Waals surface area contributed by atoms with E-state index in [1.54, 1.807) is 13.1 Å². The third kappa shape index (κ3) is 3.46. The number of nitrogens with one attached hydrogen (secondary N) is 1. The van der Waals surface area contributed by atoms with Crippen molar-refractivity contribution in [2.45, 2.75) is 30.5 Å². The maximum absolute atomic E-state index is 12.3. The molecule has 0 fully saturated rings. The van der Waals surface area contributed by atoms with Gasteiger partial charge in [0, 0.05) is 11.1 Å². The van der Waals surface area contributed by atoms with Crippen molar-refractivity contribution in [3.05, 3.63) is 27.3 Å². The van der Waals surface area contributed by atoms with Gasteiger partial charge in [0.25, 0.3) is 10.0 Å². The zero-order chi connectivity index (χ0) is 15.6. The van der Waals surface area contributed by atoms with Crippen molar-refractivity contribution in [2.24, 2.45) is 0 Å². The molecule has 0 saturated carbocycles. The number of carboxylic acid groups (broad SMARTS) is 1. The average Bonchev–Trinajstić information content (AvgIpc) is 3.07. The maximum Gasteiger partial charge on any atom is 0.356 e. The zero-order valence-corrected chi connectivity index (χ0v) is 13.7. The molecule has 0 saturated heterocycles. The summed E-state index contributed by atoms with van der Waals surface area (Å²) in [5.74, 6) is -1.37. The molecular formula is C11H13N3O4S3. The summed E-state index contributed by atoms with van der Waals surface area (Å²) < 4.78 is 26.6. The third-order valence-corrected chi connectivity index (χ3v) is 6.84. The van der Waals surface area contributed by atoms with Gasteiger partial charge in [-0.2, -0.15) is 0 Å². The van der Waals surface area contributed by atoms with Gasteiger partial charge < -0.3 is 5.11 Å². The van der Waals surface area contributed by atoms with Crippen LogP contribution < -0.4 is 4.72 Å². The number of hydrogen-bond acceptors (Lipinski definition) is 7. The second-order valence-corrected chi connectivity index (χ2v) is 8.07. The molecule has 2 rings (SSSR count). The van der Waals surface area contributed by atoms with Crippen LogP contribution >= 0.6 is 22.7 Å². The van der Waals surface area contributed by atoms with Crippen LogP contribution in [0.5, 0.6) is 0 Å². The number of aromatic nitrogens is 2. The van der Waals surface area contributed by atoms with Crippen molar-refractivity contribution in [2.75, 3.05) is 0 Å². The van der Waals surface area contributed by atoms with Gasteiger partial charge in [-0.25, -0.2) is 27.9 Å². The first kappa shape index (κ1) is 16.0. The van der Waals surface area contributed by atoms with Gasteiger partial charge in [-0.1, -0.05) is 6.92 Å². The maximum atomic E-state index is 12.3.